The van der Waals surface area contributed by atoms with Gasteiger partial charge in [-0.1, -0.05) is 17.7 Å². The lowest BCUT2D eigenvalue weighted by atomic mass is 10.1. The lowest BCUT2D eigenvalue weighted by Crippen LogP contribution is -2.49. The third kappa shape index (κ3) is 5.32. The Morgan fingerprint density at radius 1 is 1.10 bits per heavy atom. The third-order valence-corrected chi connectivity index (χ3v) is 7.48. The minimum atomic E-state index is -0.597. The third-order valence-electron chi connectivity index (χ3n) is 7.20. The number of hydrogen-bond acceptors (Lipinski definition) is 8. The maximum absolute atomic E-state index is 15.5. The van der Waals surface area contributed by atoms with E-state index in [0.717, 1.165) is 5.82 Å². The number of nitrogens with zero attached hydrogens (tertiary/aromatic N) is 7. The van der Waals surface area contributed by atoms with Crippen LogP contribution in [-0.2, 0) is 19.6 Å². The lowest BCUT2D eigenvalue weighted by molar-refractivity contribution is -0.676. The van der Waals surface area contributed by atoms with E-state index in [9.17, 15) is 9.59 Å². The molecular formula is C27H31ClFN10O2+. The molecule has 14 heteroatoms. The summed E-state index contributed by atoms with van der Waals surface area (Å²) in [6.45, 7) is 7.08. The molecule has 1 fully saturated rings. The molecule has 3 aromatic heterocycles. The van der Waals surface area contributed by atoms with Gasteiger partial charge in [0, 0.05) is 44.5 Å². The summed E-state index contributed by atoms with van der Waals surface area (Å²) < 4.78 is 19.3. The first kappa shape index (κ1) is 28.0. The summed E-state index contributed by atoms with van der Waals surface area (Å²) in [6, 6.07) is 8.70. The molecule has 0 saturated carbocycles. The second-order valence-corrected chi connectivity index (χ2v) is 9.87. The molecule has 1 aliphatic rings. The van der Waals surface area contributed by atoms with Crippen molar-refractivity contribution in [2.75, 3.05) is 42.5 Å². The second kappa shape index (κ2) is 11.5. The first-order chi connectivity index (χ1) is 19.7. The van der Waals surface area contributed by atoms with Gasteiger partial charge < -0.3 is 26.6 Å². The van der Waals surface area contributed by atoms with Crippen LogP contribution >= 0.6 is 11.6 Å². The Bertz CT molecular complexity index is 1620. The minimum Gasteiger partial charge on any atom is -0.382 e. The van der Waals surface area contributed by atoms with Crippen molar-refractivity contribution < 1.29 is 18.5 Å². The van der Waals surface area contributed by atoms with Crippen LogP contribution in [0.3, 0.4) is 0 Å². The molecule has 1 saturated heterocycles. The van der Waals surface area contributed by atoms with Gasteiger partial charge >= 0.3 is 0 Å². The number of piperazine rings is 1. The van der Waals surface area contributed by atoms with Gasteiger partial charge in [0.1, 0.15) is 18.2 Å². The van der Waals surface area contributed by atoms with E-state index in [2.05, 4.69) is 25.2 Å². The summed E-state index contributed by atoms with van der Waals surface area (Å²) in [5.41, 5.74) is 12.6. The molecule has 214 valence electrons. The number of nitrogen functional groups attached to an aromatic ring is 2. The zero-order valence-electron chi connectivity index (χ0n) is 22.8. The maximum Gasteiger partial charge on any atom is 0.277 e. The summed E-state index contributed by atoms with van der Waals surface area (Å²) in [6.07, 6.45) is 1.74. The van der Waals surface area contributed by atoms with Crippen LogP contribution in [-0.4, -0.2) is 62.4 Å². The van der Waals surface area contributed by atoms with Crippen molar-refractivity contribution in [3.05, 3.63) is 64.6 Å². The summed E-state index contributed by atoms with van der Waals surface area (Å²) in [5.74, 6) is -0.195. The van der Waals surface area contributed by atoms with E-state index in [1.807, 2.05) is 41.2 Å². The number of anilines is 3. The quantitative estimate of drug-likeness (QED) is 0.280. The van der Waals surface area contributed by atoms with Crippen LogP contribution in [0.25, 0.3) is 11.0 Å². The molecule has 4 heterocycles. The fraction of sp³-hybridized carbons (Fsp3) is 0.333. The van der Waals surface area contributed by atoms with Gasteiger partial charge in [-0.05, 0) is 26.0 Å². The number of aryl methyl sites for hydroxylation is 2. The Labute approximate surface area is 240 Å². The fourth-order valence-electron chi connectivity index (χ4n) is 5.17. The molecular weight excluding hydrogens is 551 g/mol. The molecule has 2 amide bonds. The fourth-order valence-corrected chi connectivity index (χ4v) is 5.30. The van der Waals surface area contributed by atoms with Gasteiger partial charge in [-0.3, -0.25) is 9.59 Å². The number of rotatable bonds is 7. The number of imidazole rings is 1. The highest BCUT2D eigenvalue weighted by atomic mass is 35.5. The maximum atomic E-state index is 15.5. The molecule has 0 aliphatic carbocycles. The molecule has 5 N–H and O–H groups in total. The predicted molar refractivity (Wildman–Crippen MR) is 153 cm³/mol. The van der Waals surface area contributed by atoms with Gasteiger partial charge in [0.25, 0.3) is 17.6 Å². The standard InChI is InChI=1S/C27H30ClFN10O2/c1-3-38-18-13-16(27(41)37-11-9-36(10-12-37)20-7-5-6-8-32-20)17(29)14-19(18)39(4-2)21(38)15-33-26(40)22-24(30)35-25(31)23(28)34-22/h5-8,13-14H,3-4,9-12,15H2,1-2H3,(H4-,30,31,33,35,40)/p+1. The first-order valence-electron chi connectivity index (χ1n) is 13.3. The second-order valence-electron chi connectivity index (χ2n) is 9.51. The van der Waals surface area contributed by atoms with E-state index in [-0.39, 0.29) is 40.5 Å². The van der Waals surface area contributed by atoms with E-state index >= 15 is 4.39 Å². The topological polar surface area (TPSA) is 152 Å². The van der Waals surface area contributed by atoms with E-state index < -0.39 is 11.7 Å². The highest BCUT2D eigenvalue weighted by molar-refractivity contribution is 6.31. The van der Waals surface area contributed by atoms with Gasteiger partial charge in [-0.2, -0.15) is 0 Å². The monoisotopic (exact) mass is 581 g/mol. The first-order valence-corrected chi connectivity index (χ1v) is 13.7. The number of halogens is 2. The normalized spacial score (nSPS) is 13.6. The van der Waals surface area contributed by atoms with Crippen molar-refractivity contribution in [1.29, 1.82) is 0 Å². The van der Waals surface area contributed by atoms with E-state index in [1.54, 1.807) is 17.2 Å². The Morgan fingerprint density at radius 3 is 2.51 bits per heavy atom. The molecule has 5 rings (SSSR count). The van der Waals surface area contributed by atoms with Crippen molar-refractivity contribution in [3.63, 3.8) is 0 Å². The van der Waals surface area contributed by atoms with Crippen molar-refractivity contribution in [1.82, 2.24) is 29.7 Å². The van der Waals surface area contributed by atoms with Gasteiger partial charge in [0.2, 0.25) is 0 Å². The van der Waals surface area contributed by atoms with Gasteiger partial charge in [-0.15, -0.1) is 0 Å². The SMILES string of the molecule is CCn1c(CNC(=O)c2nc(Cl)c(N)nc2N)[n+](CC)c2cc(C(=O)N3CCN(c4ccccn4)CC3)c(F)cc21. The van der Waals surface area contributed by atoms with E-state index in [0.29, 0.717) is 56.1 Å². The van der Waals surface area contributed by atoms with Gasteiger partial charge in [-0.25, -0.2) is 28.5 Å². The number of fused-ring (bicyclic) bond motifs is 1. The highest BCUT2D eigenvalue weighted by Crippen LogP contribution is 2.23. The number of nitrogens with one attached hydrogen (secondary N) is 1. The Balaban J connectivity index is 1.40. The number of aromatic nitrogens is 5. The Hall–Kier alpha value is -4.52. The van der Waals surface area contributed by atoms with Crippen molar-refractivity contribution >= 4 is 51.9 Å². The summed E-state index contributed by atoms with van der Waals surface area (Å²) in [7, 11) is 0. The van der Waals surface area contributed by atoms with Crippen molar-refractivity contribution in [2.45, 2.75) is 33.5 Å². The summed E-state index contributed by atoms with van der Waals surface area (Å²) >= 11 is 5.93. The van der Waals surface area contributed by atoms with Crippen LogP contribution in [0.5, 0.6) is 0 Å². The molecule has 4 aromatic rings. The van der Waals surface area contributed by atoms with E-state index in [1.165, 1.54) is 6.07 Å². The van der Waals surface area contributed by atoms with Gasteiger partial charge in [0.15, 0.2) is 33.5 Å². The molecule has 41 heavy (non-hydrogen) atoms. The largest absolute Gasteiger partial charge is 0.382 e. The molecule has 0 spiro atoms. The number of carbonyl (C=O) groups excluding carboxylic acids is 2. The van der Waals surface area contributed by atoms with Crippen LogP contribution in [0, 0.1) is 5.82 Å². The Kier molecular flexibility index (Phi) is 7.88. The van der Waals surface area contributed by atoms with Crippen molar-refractivity contribution in [3.8, 4) is 0 Å². The lowest BCUT2D eigenvalue weighted by Gasteiger charge is -2.35. The molecule has 1 aromatic carbocycles. The Morgan fingerprint density at radius 2 is 1.85 bits per heavy atom. The van der Waals surface area contributed by atoms with Crippen LogP contribution < -0.4 is 26.3 Å². The van der Waals surface area contributed by atoms with Crippen LogP contribution in [0.4, 0.5) is 21.8 Å². The molecule has 0 unspecified atom stereocenters. The summed E-state index contributed by atoms with van der Waals surface area (Å²) in [5, 5.41) is 2.67. The smallest absolute Gasteiger partial charge is 0.277 e. The highest BCUT2D eigenvalue weighted by Gasteiger charge is 2.30. The zero-order valence-corrected chi connectivity index (χ0v) is 23.5. The predicted octanol–water partition coefficient (Wildman–Crippen LogP) is 2.00. The number of pyridine rings is 1. The number of nitrogens with two attached hydrogens (primary N) is 2. The van der Waals surface area contributed by atoms with Crippen LogP contribution in [0.1, 0.15) is 40.5 Å². The molecule has 0 bridgehead atoms. The number of benzene rings is 1. The molecule has 12 nitrogen and oxygen atoms in total. The number of amides is 2. The van der Waals surface area contributed by atoms with Crippen LogP contribution in [0.2, 0.25) is 5.15 Å². The molecule has 0 atom stereocenters. The average Bonchev–Trinajstić information content (AvgIpc) is 3.28. The minimum absolute atomic E-state index is 0.00869. The number of carbonyl (C=O) groups is 2. The van der Waals surface area contributed by atoms with Gasteiger partial charge in [0.05, 0.1) is 18.7 Å². The average molecular weight is 582 g/mol. The van der Waals surface area contributed by atoms with Crippen LogP contribution in [0.15, 0.2) is 36.5 Å². The molecule has 1 aliphatic heterocycles. The molecule has 0 radical (unpaired) electrons. The van der Waals surface area contributed by atoms with Crippen molar-refractivity contribution in [2.24, 2.45) is 0 Å². The number of hydrogen-bond donors (Lipinski definition) is 3. The summed E-state index contributed by atoms with van der Waals surface area (Å²) in [4.78, 5) is 42.3. The van der Waals surface area contributed by atoms with E-state index in [4.69, 9.17) is 23.1 Å². The zero-order chi connectivity index (χ0) is 29.3.